The number of allylic oxidation sites excluding steroid dienone is 4. The Hall–Kier alpha value is -1.03. The maximum absolute atomic E-state index is 12.2. The van der Waals surface area contributed by atoms with E-state index in [2.05, 4.69) is 6.58 Å². The van der Waals surface area contributed by atoms with Gasteiger partial charge in [0.1, 0.15) is 0 Å². The average Bonchev–Trinajstić information content (AvgIpc) is 2.17. The van der Waals surface area contributed by atoms with Gasteiger partial charge in [-0.15, -0.1) is 0 Å². The lowest BCUT2D eigenvalue weighted by Gasteiger charge is -2.07. The van der Waals surface area contributed by atoms with E-state index in [-0.39, 0.29) is 0 Å². The first-order valence-electron chi connectivity index (χ1n) is 4.94. The predicted molar refractivity (Wildman–Crippen MR) is 59.2 cm³/mol. The Labute approximate surface area is 94.3 Å². The van der Waals surface area contributed by atoms with Gasteiger partial charge >= 0.3 is 6.18 Å². The zero-order valence-electron chi connectivity index (χ0n) is 9.82. The third kappa shape index (κ3) is 5.16. The lowest BCUT2D eigenvalue weighted by atomic mass is 10.1. The molecule has 0 saturated heterocycles. The van der Waals surface area contributed by atoms with Crippen LogP contribution in [-0.2, 0) is 4.74 Å². The zero-order chi connectivity index (χ0) is 12.8. The second-order valence-electron chi connectivity index (χ2n) is 3.45. The van der Waals surface area contributed by atoms with Crippen LogP contribution >= 0.6 is 0 Å². The predicted octanol–water partition coefficient (Wildman–Crippen LogP) is 4.03. The van der Waals surface area contributed by atoms with E-state index in [9.17, 15) is 13.2 Å². The van der Waals surface area contributed by atoms with Crippen LogP contribution in [0.5, 0.6) is 0 Å². The van der Waals surface area contributed by atoms with Gasteiger partial charge in [-0.05, 0) is 24.5 Å². The van der Waals surface area contributed by atoms with E-state index in [0.717, 1.165) is 17.2 Å². The van der Waals surface area contributed by atoms with Gasteiger partial charge in [0.15, 0.2) is 0 Å². The maximum Gasteiger partial charge on any atom is 0.415 e. The van der Waals surface area contributed by atoms with E-state index in [1.54, 1.807) is 7.11 Å². The fourth-order valence-electron chi connectivity index (χ4n) is 1.17. The van der Waals surface area contributed by atoms with E-state index in [0.29, 0.717) is 13.0 Å². The van der Waals surface area contributed by atoms with E-state index in [4.69, 9.17) is 4.74 Å². The molecule has 0 saturated carbocycles. The molecule has 0 rings (SSSR count). The van der Waals surface area contributed by atoms with Crippen molar-refractivity contribution in [1.82, 2.24) is 0 Å². The fourth-order valence-corrected chi connectivity index (χ4v) is 1.17. The lowest BCUT2D eigenvalue weighted by molar-refractivity contribution is -0.0878. The summed E-state index contributed by atoms with van der Waals surface area (Å²) >= 11 is 0. The second-order valence-corrected chi connectivity index (χ2v) is 3.45. The lowest BCUT2D eigenvalue weighted by Crippen LogP contribution is -2.08. The molecule has 0 amide bonds. The highest BCUT2D eigenvalue weighted by atomic mass is 19.4. The average molecular weight is 234 g/mol. The van der Waals surface area contributed by atoms with Crippen LogP contribution in [0.4, 0.5) is 13.2 Å². The number of rotatable bonds is 5. The van der Waals surface area contributed by atoms with E-state index < -0.39 is 11.7 Å². The molecule has 0 heterocycles. The third-order valence-corrected chi connectivity index (χ3v) is 2.14. The highest BCUT2D eigenvalue weighted by Crippen LogP contribution is 2.25. The maximum atomic E-state index is 12.2. The molecule has 16 heavy (non-hydrogen) atoms. The Morgan fingerprint density at radius 1 is 1.31 bits per heavy atom. The van der Waals surface area contributed by atoms with Crippen molar-refractivity contribution >= 4 is 0 Å². The van der Waals surface area contributed by atoms with Crippen LogP contribution < -0.4 is 0 Å². The van der Waals surface area contributed by atoms with Gasteiger partial charge in [0.05, 0.1) is 6.61 Å². The number of methoxy groups -OCH3 is 1. The highest BCUT2D eigenvalue weighted by Gasteiger charge is 2.29. The van der Waals surface area contributed by atoms with Gasteiger partial charge in [-0.1, -0.05) is 25.7 Å². The molecule has 0 aromatic rings. The van der Waals surface area contributed by atoms with Crippen molar-refractivity contribution < 1.29 is 17.9 Å². The van der Waals surface area contributed by atoms with Gasteiger partial charge in [-0.25, -0.2) is 0 Å². The minimum atomic E-state index is -4.36. The summed E-state index contributed by atoms with van der Waals surface area (Å²) in [5, 5.41) is 0. The third-order valence-electron chi connectivity index (χ3n) is 2.14. The van der Waals surface area contributed by atoms with Crippen LogP contribution in [0.1, 0.15) is 20.3 Å². The minimum Gasteiger partial charge on any atom is -0.380 e. The smallest absolute Gasteiger partial charge is 0.380 e. The molecule has 0 atom stereocenters. The molecule has 0 bridgehead atoms. The molecule has 0 aliphatic carbocycles. The van der Waals surface area contributed by atoms with E-state index in [1.807, 2.05) is 13.8 Å². The molecule has 1 nitrogen and oxygen atoms in total. The second kappa shape index (κ2) is 6.53. The summed E-state index contributed by atoms with van der Waals surface area (Å²) in [5.74, 6) is 0. The van der Waals surface area contributed by atoms with Crippen molar-refractivity contribution in [2.75, 3.05) is 13.7 Å². The molecule has 0 aromatic heterocycles. The summed E-state index contributed by atoms with van der Waals surface area (Å²) in [6.45, 7) is 7.11. The first kappa shape index (κ1) is 15.0. The van der Waals surface area contributed by atoms with Crippen LogP contribution in [0, 0.1) is 0 Å². The number of halogens is 3. The normalized spacial score (nSPS) is 14.1. The topological polar surface area (TPSA) is 9.23 Å². The summed E-state index contributed by atoms with van der Waals surface area (Å²) in [6, 6.07) is 0. The molecule has 0 spiro atoms. The van der Waals surface area contributed by atoms with Gasteiger partial charge in [0.25, 0.3) is 0 Å². The Morgan fingerprint density at radius 3 is 2.25 bits per heavy atom. The standard InChI is InChI=1S/C12H17F3O/c1-5-11(9(2)8-16-4)7-6-10(3)12(13,14)15/h6-7H,3,5,8H2,1-2,4H3/b7-6-,11-9+. The number of hydrogen-bond acceptors (Lipinski definition) is 1. The first-order valence-corrected chi connectivity index (χ1v) is 4.94. The summed E-state index contributed by atoms with van der Waals surface area (Å²) in [4.78, 5) is 0. The SMILES string of the molecule is C=C(/C=C\C(CC)=C(/C)COC)C(F)(F)F. The van der Waals surface area contributed by atoms with Crippen LogP contribution in [0.15, 0.2) is 35.5 Å². The van der Waals surface area contributed by atoms with Crippen LogP contribution in [0.25, 0.3) is 0 Å². The summed E-state index contributed by atoms with van der Waals surface area (Å²) in [6.07, 6.45) is -1.25. The molecule has 0 fully saturated rings. The number of alkyl halides is 3. The van der Waals surface area contributed by atoms with Gasteiger partial charge in [0, 0.05) is 12.7 Å². The quantitative estimate of drug-likeness (QED) is 0.652. The Kier molecular flexibility index (Phi) is 6.11. The van der Waals surface area contributed by atoms with Gasteiger partial charge in [-0.3, -0.25) is 0 Å². The van der Waals surface area contributed by atoms with Gasteiger partial charge in [-0.2, -0.15) is 13.2 Å². The van der Waals surface area contributed by atoms with Crippen molar-refractivity contribution in [2.45, 2.75) is 26.4 Å². The molecule has 4 heteroatoms. The van der Waals surface area contributed by atoms with Crippen LogP contribution in [0.2, 0.25) is 0 Å². The Balaban J connectivity index is 4.74. The monoisotopic (exact) mass is 234 g/mol. The summed E-state index contributed by atoms with van der Waals surface area (Å²) in [7, 11) is 1.55. The summed E-state index contributed by atoms with van der Waals surface area (Å²) < 4.78 is 41.4. The van der Waals surface area contributed by atoms with Crippen molar-refractivity contribution in [1.29, 1.82) is 0 Å². The molecule has 0 aliphatic heterocycles. The number of ether oxygens (including phenoxy) is 1. The minimum absolute atomic E-state index is 0.423. The Morgan fingerprint density at radius 2 is 1.88 bits per heavy atom. The molecule has 92 valence electrons. The first-order chi connectivity index (χ1) is 7.32. The number of hydrogen-bond donors (Lipinski definition) is 0. The summed E-state index contributed by atoms with van der Waals surface area (Å²) in [5.41, 5.74) is 0.923. The van der Waals surface area contributed by atoms with Crippen molar-refractivity contribution in [3.8, 4) is 0 Å². The molecular formula is C12H17F3O. The molecule has 0 radical (unpaired) electrons. The van der Waals surface area contributed by atoms with Crippen molar-refractivity contribution in [3.63, 3.8) is 0 Å². The largest absolute Gasteiger partial charge is 0.415 e. The highest BCUT2D eigenvalue weighted by molar-refractivity contribution is 5.31. The van der Waals surface area contributed by atoms with Gasteiger partial charge < -0.3 is 4.74 Å². The van der Waals surface area contributed by atoms with Crippen molar-refractivity contribution in [3.05, 3.63) is 35.5 Å². The molecule has 0 aliphatic rings. The molecule has 0 unspecified atom stereocenters. The zero-order valence-corrected chi connectivity index (χ0v) is 9.82. The van der Waals surface area contributed by atoms with E-state index >= 15 is 0 Å². The molecule has 0 aromatic carbocycles. The molecule has 0 N–H and O–H groups in total. The van der Waals surface area contributed by atoms with Crippen LogP contribution in [0.3, 0.4) is 0 Å². The fraction of sp³-hybridized carbons (Fsp3) is 0.500. The van der Waals surface area contributed by atoms with Crippen LogP contribution in [-0.4, -0.2) is 19.9 Å². The van der Waals surface area contributed by atoms with E-state index in [1.165, 1.54) is 6.08 Å². The van der Waals surface area contributed by atoms with Gasteiger partial charge in [0.2, 0.25) is 0 Å². The van der Waals surface area contributed by atoms with Crippen molar-refractivity contribution in [2.24, 2.45) is 0 Å². The molecular weight excluding hydrogens is 217 g/mol. The Bertz CT molecular complexity index is 298.